The fraction of sp³-hybridized carbons (Fsp3) is 0.400. The Kier molecular flexibility index (Phi) is 9.11. The normalized spacial score (nSPS) is 11.3. The van der Waals surface area contributed by atoms with Crippen molar-refractivity contribution in [3.05, 3.63) is 71.8 Å². The zero-order valence-corrected chi connectivity index (χ0v) is 20.1. The number of aliphatic imine (C=N–C) groups is 1. The van der Waals surface area contributed by atoms with Crippen LogP contribution in [0.15, 0.2) is 59.6 Å². The molecule has 0 fully saturated rings. The van der Waals surface area contributed by atoms with Crippen LogP contribution in [-0.2, 0) is 13.6 Å². The van der Waals surface area contributed by atoms with Crippen LogP contribution in [0.25, 0.3) is 0 Å². The molecule has 0 amide bonds. The predicted octanol–water partition coefficient (Wildman–Crippen LogP) is 3.07. The van der Waals surface area contributed by atoms with E-state index in [1.807, 2.05) is 48.9 Å². The van der Waals surface area contributed by atoms with E-state index in [0.29, 0.717) is 19.7 Å². The van der Waals surface area contributed by atoms with E-state index in [4.69, 9.17) is 9.73 Å². The van der Waals surface area contributed by atoms with E-state index in [0.717, 1.165) is 42.9 Å². The molecule has 0 unspecified atom stereocenters. The highest BCUT2D eigenvalue weighted by molar-refractivity contribution is 5.79. The molecule has 33 heavy (non-hydrogen) atoms. The second-order valence-electron chi connectivity index (χ2n) is 8.01. The number of para-hydroxylation sites is 1. The maximum Gasteiger partial charge on any atom is 0.191 e. The summed E-state index contributed by atoms with van der Waals surface area (Å²) in [5, 5.41) is 15.1. The van der Waals surface area contributed by atoms with Gasteiger partial charge in [-0.05, 0) is 44.5 Å². The monoisotopic (exact) mass is 449 g/mol. The molecule has 0 aliphatic rings. The maximum absolute atomic E-state index is 5.82. The third kappa shape index (κ3) is 7.82. The standard InChI is InChI=1S/C25H35N7O/c1-20-11-13-23(14-12-20)33-18-16-27-25(28-19-24-30-29-21(2)32(24)4)26-15-8-17-31(3)22-9-6-5-7-10-22/h5-7,9-14H,8,15-19H2,1-4H3,(H2,26,27,28). The van der Waals surface area contributed by atoms with Crippen LogP contribution in [-0.4, -0.2) is 54.0 Å². The Morgan fingerprint density at radius 3 is 2.42 bits per heavy atom. The van der Waals surface area contributed by atoms with E-state index < -0.39 is 0 Å². The van der Waals surface area contributed by atoms with Crippen LogP contribution in [0.1, 0.15) is 23.6 Å². The lowest BCUT2D eigenvalue weighted by Gasteiger charge is -2.20. The first-order valence-corrected chi connectivity index (χ1v) is 11.4. The highest BCUT2D eigenvalue weighted by Crippen LogP contribution is 2.11. The van der Waals surface area contributed by atoms with E-state index in [1.54, 1.807) is 0 Å². The zero-order valence-electron chi connectivity index (χ0n) is 20.1. The van der Waals surface area contributed by atoms with Crippen LogP contribution in [0.5, 0.6) is 5.75 Å². The maximum atomic E-state index is 5.82. The van der Waals surface area contributed by atoms with Gasteiger partial charge in [0.1, 0.15) is 24.7 Å². The van der Waals surface area contributed by atoms with Gasteiger partial charge in [-0.1, -0.05) is 35.9 Å². The highest BCUT2D eigenvalue weighted by Gasteiger charge is 2.06. The molecule has 8 heteroatoms. The smallest absolute Gasteiger partial charge is 0.191 e. The molecule has 0 spiro atoms. The van der Waals surface area contributed by atoms with Gasteiger partial charge in [-0.15, -0.1) is 10.2 Å². The zero-order chi connectivity index (χ0) is 23.5. The molecule has 2 aromatic carbocycles. The van der Waals surface area contributed by atoms with Crippen molar-refractivity contribution >= 4 is 11.6 Å². The average molecular weight is 450 g/mol. The van der Waals surface area contributed by atoms with E-state index >= 15 is 0 Å². The second-order valence-corrected chi connectivity index (χ2v) is 8.01. The first kappa shape index (κ1) is 24.1. The first-order chi connectivity index (χ1) is 16.0. The van der Waals surface area contributed by atoms with Crippen LogP contribution >= 0.6 is 0 Å². The van der Waals surface area contributed by atoms with Crippen LogP contribution < -0.4 is 20.3 Å². The topological polar surface area (TPSA) is 79.6 Å². The Morgan fingerprint density at radius 2 is 1.73 bits per heavy atom. The van der Waals surface area contributed by atoms with Crippen molar-refractivity contribution in [3.63, 3.8) is 0 Å². The number of anilines is 1. The fourth-order valence-corrected chi connectivity index (χ4v) is 3.22. The van der Waals surface area contributed by atoms with Crippen molar-refractivity contribution in [1.82, 2.24) is 25.4 Å². The number of hydrogen-bond acceptors (Lipinski definition) is 5. The second kappa shape index (κ2) is 12.5. The number of aryl methyl sites for hydroxylation is 2. The van der Waals surface area contributed by atoms with Crippen LogP contribution in [0.4, 0.5) is 5.69 Å². The molecule has 0 saturated heterocycles. The van der Waals surface area contributed by atoms with Gasteiger partial charge in [-0.2, -0.15) is 0 Å². The molecule has 176 valence electrons. The van der Waals surface area contributed by atoms with Gasteiger partial charge in [0, 0.05) is 32.9 Å². The summed E-state index contributed by atoms with van der Waals surface area (Å²) in [6.45, 7) is 7.39. The summed E-state index contributed by atoms with van der Waals surface area (Å²) >= 11 is 0. The predicted molar refractivity (Wildman–Crippen MR) is 134 cm³/mol. The number of rotatable bonds is 11. The van der Waals surface area contributed by atoms with E-state index in [9.17, 15) is 0 Å². The lowest BCUT2D eigenvalue weighted by molar-refractivity contribution is 0.322. The molecule has 8 nitrogen and oxygen atoms in total. The van der Waals surface area contributed by atoms with Gasteiger partial charge in [0.05, 0.1) is 6.54 Å². The minimum atomic E-state index is 0.454. The van der Waals surface area contributed by atoms with Crippen molar-refractivity contribution in [2.24, 2.45) is 12.0 Å². The third-order valence-corrected chi connectivity index (χ3v) is 5.41. The molecule has 0 atom stereocenters. The molecular weight excluding hydrogens is 414 g/mol. The van der Waals surface area contributed by atoms with Crippen LogP contribution in [0.3, 0.4) is 0 Å². The van der Waals surface area contributed by atoms with Gasteiger partial charge in [0.25, 0.3) is 0 Å². The summed E-state index contributed by atoms with van der Waals surface area (Å²) in [5.74, 6) is 3.31. The number of guanidine groups is 1. The Hall–Kier alpha value is -3.55. The highest BCUT2D eigenvalue weighted by atomic mass is 16.5. The molecule has 0 radical (unpaired) electrons. The van der Waals surface area contributed by atoms with Crippen LogP contribution in [0.2, 0.25) is 0 Å². The number of benzene rings is 2. The number of ether oxygens (including phenoxy) is 1. The molecule has 0 bridgehead atoms. The summed E-state index contributed by atoms with van der Waals surface area (Å²) in [6.07, 6.45) is 0.981. The molecule has 0 aliphatic heterocycles. The number of nitrogens with zero attached hydrogens (tertiary/aromatic N) is 5. The number of aromatic nitrogens is 3. The fourth-order valence-electron chi connectivity index (χ4n) is 3.22. The summed E-state index contributed by atoms with van der Waals surface area (Å²) in [5.41, 5.74) is 2.44. The summed E-state index contributed by atoms with van der Waals surface area (Å²) in [6, 6.07) is 18.5. The Morgan fingerprint density at radius 1 is 1.00 bits per heavy atom. The molecule has 2 N–H and O–H groups in total. The molecular formula is C25H35N7O. The van der Waals surface area contributed by atoms with Gasteiger partial charge in [0.2, 0.25) is 0 Å². The Bertz CT molecular complexity index is 999. The van der Waals surface area contributed by atoms with Crippen molar-refractivity contribution in [1.29, 1.82) is 0 Å². The van der Waals surface area contributed by atoms with Crippen molar-refractivity contribution in [2.75, 3.05) is 38.2 Å². The van der Waals surface area contributed by atoms with Crippen molar-refractivity contribution in [2.45, 2.75) is 26.8 Å². The summed E-state index contributed by atoms with van der Waals surface area (Å²) in [7, 11) is 4.07. The molecule has 1 heterocycles. The summed E-state index contributed by atoms with van der Waals surface area (Å²) < 4.78 is 7.78. The number of nitrogens with one attached hydrogen (secondary N) is 2. The molecule has 3 aromatic rings. The van der Waals surface area contributed by atoms with E-state index in [1.165, 1.54) is 11.3 Å². The van der Waals surface area contributed by atoms with Crippen molar-refractivity contribution < 1.29 is 4.74 Å². The Labute approximate surface area is 196 Å². The van der Waals surface area contributed by atoms with Crippen LogP contribution in [0, 0.1) is 13.8 Å². The summed E-state index contributed by atoms with van der Waals surface area (Å²) in [4.78, 5) is 6.95. The third-order valence-electron chi connectivity index (χ3n) is 5.41. The quantitative estimate of drug-likeness (QED) is 0.266. The average Bonchev–Trinajstić information content (AvgIpc) is 3.16. The Balaban J connectivity index is 1.49. The van der Waals surface area contributed by atoms with Crippen molar-refractivity contribution in [3.8, 4) is 5.75 Å². The van der Waals surface area contributed by atoms with Gasteiger partial charge >= 0.3 is 0 Å². The molecule has 0 aliphatic carbocycles. The minimum absolute atomic E-state index is 0.454. The lowest BCUT2D eigenvalue weighted by atomic mass is 10.2. The van der Waals surface area contributed by atoms with Gasteiger partial charge < -0.3 is 24.8 Å². The van der Waals surface area contributed by atoms with Gasteiger partial charge in [0.15, 0.2) is 11.8 Å². The largest absolute Gasteiger partial charge is 0.492 e. The van der Waals surface area contributed by atoms with Gasteiger partial charge in [-0.3, -0.25) is 0 Å². The van der Waals surface area contributed by atoms with E-state index in [-0.39, 0.29) is 0 Å². The first-order valence-electron chi connectivity index (χ1n) is 11.4. The SMILES string of the molecule is Cc1ccc(OCCNC(=NCc2nnc(C)n2C)NCCCN(C)c2ccccc2)cc1. The lowest BCUT2D eigenvalue weighted by Crippen LogP contribution is -2.40. The van der Waals surface area contributed by atoms with Gasteiger partial charge in [-0.25, -0.2) is 4.99 Å². The molecule has 1 aromatic heterocycles. The van der Waals surface area contributed by atoms with E-state index in [2.05, 4.69) is 64.0 Å². The molecule has 0 saturated carbocycles. The molecule has 3 rings (SSSR count). The number of hydrogen-bond donors (Lipinski definition) is 2. The minimum Gasteiger partial charge on any atom is -0.492 e.